The minimum absolute atomic E-state index is 0.621. The van der Waals surface area contributed by atoms with Gasteiger partial charge in [-0.3, -0.25) is 9.58 Å². The molecular formula is C12H21N5O. The quantitative estimate of drug-likeness (QED) is 0.796. The highest BCUT2D eigenvalue weighted by molar-refractivity contribution is 5.62. The molecule has 1 aromatic heterocycles. The van der Waals surface area contributed by atoms with Gasteiger partial charge in [0.15, 0.2) is 5.82 Å². The predicted octanol–water partition coefficient (Wildman–Crippen LogP) is -0.0868. The third-order valence-electron chi connectivity index (χ3n) is 3.86. The zero-order chi connectivity index (χ0) is 12.5. The van der Waals surface area contributed by atoms with Crippen LogP contribution in [0.3, 0.4) is 0 Å². The third kappa shape index (κ3) is 2.18. The third-order valence-corrected chi connectivity index (χ3v) is 3.86. The number of morpholine rings is 1. The number of hydrogen-bond acceptors (Lipinski definition) is 5. The first-order valence-electron chi connectivity index (χ1n) is 6.60. The molecule has 2 aliphatic heterocycles. The van der Waals surface area contributed by atoms with E-state index in [1.54, 1.807) is 4.68 Å². The van der Waals surface area contributed by atoms with Gasteiger partial charge in [0.1, 0.15) is 0 Å². The zero-order valence-corrected chi connectivity index (χ0v) is 10.9. The minimum Gasteiger partial charge on any atom is -0.394 e. The first-order chi connectivity index (χ1) is 8.74. The number of hydrogen-bond donors (Lipinski definition) is 1. The Kier molecular flexibility index (Phi) is 3.13. The highest BCUT2D eigenvalue weighted by atomic mass is 16.5. The van der Waals surface area contributed by atoms with Crippen molar-refractivity contribution >= 4 is 11.5 Å². The maximum atomic E-state index is 5.99. The summed E-state index contributed by atoms with van der Waals surface area (Å²) in [5, 5.41) is 4.45. The summed E-state index contributed by atoms with van der Waals surface area (Å²) in [6.07, 6.45) is 3.06. The lowest BCUT2D eigenvalue weighted by Crippen LogP contribution is -2.44. The Labute approximate surface area is 107 Å². The fourth-order valence-corrected chi connectivity index (χ4v) is 2.92. The lowest BCUT2D eigenvalue weighted by atomic mass is 10.2. The molecule has 0 saturated carbocycles. The number of anilines is 2. The Morgan fingerprint density at radius 3 is 2.78 bits per heavy atom. The monoisotopic (exact) mass is 251 g/mol. The van der Waals surface area contributed by atoms with Crippen molar-refractivity contribution in [2.75, 3.05) is 50.0 Å². The van der Waals surface area contributed by atoms with Gasteiger partial charge in [-0.25, -0.2) is 0 Å². The zero-order valence-electron chi connectivity index (χ0n) is 10.9. The molecule has 2 fully saturated rings. The molecule has 100 valence electrons. The second-order valence-corrected chi connectivity index (χ2v) is 5.12. The summed E-state index contributed by atoms with van der Waals surface area (Å²) in [6.45, 7) is 5.90. The van der Waals surface area contributed by atoms with Crippen LogP contribution in [0.5, 0.6) is 0 Å². The molecule has 1 aromatic rings. The first kappa shape index (κ1) is 11.8. The van der Waals surface area contributed by atoms with Gasteiger partial charge in [-0.05, 0) is 6.42 Å². The molecule has 18 heavy (non-hydrogen) atoms. The van der Waals surface area contributed by atoms with Gasteiger partial charge in [0, 0.05) is 45.5 Å². The van der Waals surface area contributed by atoms with Gasteiger partial charge in [0.05, 0.1) is 18.9 Å². The fraction of sp³-hybridized carbons (Fsp3) is 0.750. The summed E-state index contributed by atoms with van der Waals surface area (Å²) in [6, 6.07) is 0.621. The van der Waals surface area contributed by atoms with E-state index in [-0.39, 0.29) is 0 Å². The van der Waals surface area contributed by atoms with Crippen molar-refractivity contribution in [1.82, 2.24) is 14.7 Å². The van der Waals surface area contributed by atoms with Crippen molar-refractivity contribution in [1.29, 1.82) is 0 Å². The van der Waals surface area contributed by atoms with Gasteiger partial charge in [0.25, 0.3) is 0 Å². The molecule has 1 unspecified atom stereocenters. The smallest absolute Gasteiger partial charge is 0.173 e. The van der Waals surface area contributed by atoms with Gasteiger partial charge in [-0.1, -0.05) is 0 Å². The largest absolute Gasteiger partial charge is 0.394 e. The van der Waals surface area contributed by atoms with Crippen molar-refractivity contribution in [3.8, 4) is 0 Å². The molecule has 3 heterocycles. The van der Waals surface area contributed by atoms with E-state index < -0.39 is 0 Å². The lowest BCUT2D eigenvalue weighted by Gasteiger charge is -2.32. The van der Waals surface area contributed by atoms with Crippen LogP contribution in [0.1, 0.15) is 6.42 Å². The summed E-state index contributed by atoms with van der Waals surface area (Å²) < 4.78 is 7.19. The van der Waals surface area contributed by atoms with Crippen molar-refractivity contribution < 1.29 is 4.74 Å². The van der Waals surface area contributed by atoms with Crippen LogP contribution in [-0.4, -0.2) is 60.1 Å². The van der Waals surface area contributed by atoms with E-state index in [0.29, 0.717) is 6.04 Å². The SMILES string of the molecule is Cn1cc(N)c(N2CCC(N3CCOCC3)C2)n1. The second kappa shape index (κ2) is 4.78. The molecule has 6 nitrogen and oxygen atoms in total. The van der Waals surface area contributed by atoms with Gasteiger partial charge >= 0.3 is 0 Å². The molecule has 0 radical (unpaired) electrons. The van der Waals surface area contributed by atoms with Crippen LogP contribution in [0.4, 0.5) is 11.5 Å². The normalized spacial score (nSPS) is 25.8. The number of nitrogens with two attached hydrogens (primary N) is 1. The lowest BCUT2D eigenvalue weighted by molar-refractivity contribution is 0.0209. The van der Waals surface area contributed by atoms with E-state index in [9.17, 15) is 0 Å². The van der Waals surface area contributed by atoms with Crippen LogP contribution < -0.4 is 10.6 Å². The average molecular weight is 251 g/mol. The van der Waals surface area contributed by atoms with E-state index in [0.717, 1.165) is 50.9 Å². The Morgan fingerprint density at radius 1 is 1.33 bits per heavy atom. The van der Waals surface area contributed by atoms with Crippen LogP contribution in [0.25, 0.3) is 0 Å². The van der Waals surface area contributed by atoms with E-state index in [1.165, 1.54) is 6.42 Å². The summed E-state index contributed by atoms with van der Waals surface area (Å²) in [5.41, 5.74) is 6.76. The Balaban J connectivity index is 1.65. The second-order valence-electron chi connectivity index (χ2n) is 5.12. The number of rotatable bonds is 2. The van der Waals surface area contributed by atoms with Crippen molar-refractivity contribution in [2.24, 2.45) is 7.05 Å². The standard InChI is InChI=1S/C12H21N5O/c1-15-9-11(13)12(14-15)17-3-2-10(8-17)16-4-6-18-7-5-16/h9-10H,2-8,13H2,1H3. The van der Waals surface area contributed by atoms with E-state index in [4.69, 9.17) is 10.5 Å². The number of aryl methyl sites for hydroxylation is 1. The van der Waals surface area contributed by atoms with E-state index in [1.807, 2.05) is 13.2 Å². The molecule has 0 bridgehead atoms. The van der Waals surface area contributed by atoms with Crippen molar-refractivity contribution in [3.05, 3.63) is 6.20 Å². The number of aromatic nitrogens is 2. The maximum Gasteiger partial charge on any atom is 0.173 e. The molecule has 2 saturated heterocycles. The molecule has 2 N–H and O–H groups in total. The predicted molar refractivity (Wildman–Crippen MR) is 70.6 cm³/mol. The Hall–Kier alpha value is -1.27. The first-order valence-corrected chi connectivity index (χ1v) is 6.60. The Bertz CT molecular complexity index is 413. The number of nitrogens with zero attached hydrogens (tertiary/aromatic N) is 4. The molecule has 0 aliphatic carbocycles. The molecule has 1 atom stereocenters. The van der Waals surface area contributed by atoms with Gasteiger partial charge in [-0.15, -0.1) is 0 Å². The van der Waals surface area contributed by atoms with Gasteiger partial charge in [-0.2, -0.15) is 5.10 Å². The highest BCUT2D eigenvalue weighted by Gasteiger charge is 2.30. The molecule has 0 spiro atoms. The highest BCUT2D eigenvalue weighted by Crippen LogP contribution is 2.26. The van der Waals surface area contributed by atoms with E-state index in [2.05, 4.69) is 14.9 Å². The van der Waals surface area contributed by atoms with Crippen molar-refractivity contribution in [2.45, 2.75) is 12.5 Å². The van der Waals surface area contributed by atoms with Crippen LogP contribution in [-0.2, 0) is 11.8 Å². The van der Waals surface area contributed by atoms with E-state index >= 15 is 0 Å². The van der Waals surface area contributed by atoms with Crippen LogP contribution in [0.15, 0.2) is 6.20 Å². The maximum absolute atomic E-state index is 5.99. The molecule has 0 aromatic carbocycles. The van der Waals surface area contributed by atoms with Crippen LogP contribution in [0, 0.1) is 0 Å². The van der Waals surface area contributed by atoms with Crippen LogP contribution in [0.2, 0.25) is 0 Å². The number of ether oxygens (including phenoxy) is 1. The summed E-state index contributed by atoms with van der Waals surface area (Å²) in [7, 11) is 1.91. The fourth-order valence-electron chi connectivity index (χ4n) is 2.92. The van der Waals surface area contributed by atoms with Crippen LogP contribution >= 0.6 is 0 Å². The average Bonchev–Trinajstić information content (AvgIpc) is 2.97. The Morgan fingerprint density at radius 2 is 2.11 bits per heavy atom. The molecular weight excluding hydrogens is 230 g/mol. The molecule has 6 heteroatoms. The summed E-state index contributed by atoms with van der Waals surface area (Å²) >= 11 is 0. The summed E-state index contributed by atoms with van der Waals surface area (Å²) in [4.78, 5) is 4.83. The number of nitrogen functional groups attached to an aromatic ring is 1. The van der Waals surface area contributed by atoms with Gasteiger partial charge in [0.2, 0.25) is 0 Å². The molecule has 0 amide bonds. The summed E-state index contributed by atoms with van der Waals surface area (Å²) in [5.74, 6) is 0.938. The van der Waals surface area contributed by atoms with Gasteiger partial charge < -0.3 is 15.4 Å². The minimum atomic E-state index is 0.621. The molecule has 2 aliphatic rings. The van der Waals surface area contributed by atoms with Crippen molar-refractivity contribution in [3.63, 3.8) is 0 Å². The topological polar surface area (TPSA) is 59.5 Å². The molecule has 3 rings (SSSR count).